The topological polar surface area (TPSA) is 164 Å². The number of methoxy groups -OCH3 is 1. The van der Waals surface area contributed by atoms with Crippen LogP contribution in [0.25, 0.3) is 0 Å². The third-order valence-electron chi connectivity index (χ3n) is 8.78. The fourth-order valence-electron chi connectivity index (χ4n) is 6.31. The van der Waals surface area contributed by atoms with Crippen LogP contribution in [0.2, 0.25) is 0 Å². The van der Waals surface area contributed by atoms with E-state index in [-0.39, 0.29) is 63.9 Å². The first-order chi connectivity index (χ1) is 26.8. The maximum atomic E-state index is 15.4. The lowest BCUT2D eigenvalue weighted by atomic mass is 9.99. The van der Waals surface area contributed by atoms with Crippen LogP contribution in [0.15, 0.2) is 95.8 Å². The number of carbonyl (C=O) groups is 2. The predicted octanol–water partition coefficient (Wildman–Crippen LogP) is 6.52. The number of hydrogen-bond acceptors (Lipinski definition) is 11. The molecule has 0 unspecified atom stereocenters. The number of hydrogen-bond donors (Lipinski definition) is 1. The number of carbonyl (C=O) groups excluding carboxylic acids is 2. The zero-order valence-electron chi connectivity index (χ0n) is 31.0. The molecule has 2 amide bonds. The number of anilines is 2. The van der Waals surface area contributed by atoms with E-state index >= 15 is 8.78 Å². The molecule has 2 aliphatic rings. The van der Waals surface area contributed by atoms with Gasteiger partial charge in [0.1, 0.15) is 23.8 Å². The minimum Gasteiger partial charge on any atom is -0.495 e. The molecular formula is C38H39F2N7O6S3. The molecule has 1 N–H and O–H groups in total. The summed E-state index contributed by atoms with van der Waals surface area (Å²) in [6, 6.07) is 18.7. The second-order valence-corrected chi connectivity index (χ2v) is 16.1. The number of rotatable bonds is 9. The second kappa shape index (κ2) is 18.2. The number of nitrogens with one attached hydrogen (secondary N) is 1. The third-order valence-corrected chi connectivity index (χ3v) is 10.5. The summed E-state index contributed by atoms with van der Waals surface area (Å²) in [5, 5.41) is 20.3. The molecule has 3 aromatic carbocycles. The molecule has 4 heterocycles. The Bertz CT molecular complexity index is 2280. The van der Waals surface area contributed by atoms with E-state index in [4.69, 9.17) is 9.26 Å². The van der Waals surface area contributed by atoms with Gasteiger partial charge in [-0.15, -0.1) is 0 Å². The van der Waals surface area contributed by atoms with Crippen molar-refractivity contribution in [2.24, 2.45) is 0 Å². The number of ether oxygens (including phenoxy) is 1. The zero-order valence-corrected chi connectivity index (χ0v) is 33.5. The van der Waals surface area contributed by atoms with Crippen LogP contribution in [0.4, 0.5) is 20.2 Å². The molecule has 0 spiro atoms. The van der Waals surface area contributed by atoms with Gasteiger partial charge in [-0.25, -0.2) is 8.42 Å². The molecule has 7 rings (SSSR count). The van der Waals surface area contributed by atoms with Crippen molar-refractivity contribution in [3.05, 3.63) is 125 Å². The van der Waals surface area contributed by atoms with Gasteiger partial charge >= 0.3 is 0 Å². The van der Waals surface area contributed by atoms with E-state index in [9.17, 15) is 23.3 Å². The Balaban J connectivity index is 0.000000941. The van der Waals surface area contributed by atoms with Gasteiger partial charge < -0.3 is 19.5 Å². The van der Waals surface area contributed by atoms with Crippen LogP contribution in [0, 0.1) is 11.3 Å². The molecule has 1 saturated heterocycles. The van der Waals surface area contributed by atoms with Crippen molar-refractivity contribution in [1.82, 2.24) is 19.2 Å². The summed E-state index contributed by atoms with van der Waals surface area (Å²) >= 11 is 3.50. The molecule has 1 fully saturated rings. The maximum absolute atomic E-state index is 15.4. The number of aromatic nitrogens is 3. The van der Waals surface area contributed by atoms with E-state index in [0.717, 1.165) is 0 Å². The highest BCUT2D eigenvalue weighted by Gasteiger charge is 2.50. The van der Waals surface area contributed by atoms with Gasteiger partial charge in [-0.05, 0) is 55.4 Å². The predicted molar refractivity (Wildman–Crippen MR) is 213 cm³/mol. The lowest BCUT2D eigenvalue weighted by Crippen LogP contribution is -2.51. The van der Waals surface area contributed by atoms with Crippen molar-refractivity contribution >= 4 is 56.7 Å². The summed E-state index contributed by atoms with van der Waals surface area (Å²) < 4.78 is 70.4. The summed E-state index contributed by atoms with van der Waals surface area (Å²) in [6.07, 6.45) is 10.7. The number of benzene rings is 3. The van der Waals surface area contributed by atoms with Crippen LogP contribution in [-0.4, -0.2) is 90.7 Å². The van der Waals surface area contributed by atoms with Gasteiger partial charge in [-0.3, -0.25) is 14.3 Å². The van der Waals surface area contributed by atoms with E-state index in [1.54, 1.807) is 29.6 Å². The fraction of sp³-hybridized carbons (Fsp3) is 0.289. The Morgan fingerprint density at radius 3 is 2.25 bits per heavy atom. The number of fused-ring (bicyclic) bond motifs is 3. The average molecular weight is 824 g/mol. The number of sulfonamides is 1. The van der Waals surface area contributed by atoms with Crippen LogP contribution in [-0.2, 0) is 21.7 Å². The highest BCUT2D eigenvalue weighted by atomic mass is 32.2. The summed E-state index contributed by atoms with van der Waals surface area (Å²) in [4.78, 5) is 29.1. The first-order valence-electron chi connectivity index (χ1n) is 16.9. The lowest BCUT2D eigenvalue weighted by molar-refractivity contribution is 0.0428. The number of amides is 2. The van der Waals surface area contributed by atoms with Gasteiger partial charge in [0.2, 0.25) is 10.0 Å². The molecule has 18 heteroatoms. The Morgan fingerprint density at radius 2 is 1.64 bits per heavy atom. The highest BCUT2D eigenvalue weighted by Crippen LogP contribution is 2.41. The minimum absolute atomic E-state index is 0.0360. The summed E-state index contributed by atoms with van der Waals surface area (Å²) in [7, 11) is -2.56. The van der Waals surface area contributed by atoms with Crippen LogP contribution < -0.4 is 15.0 Å². The highest BCUT2D eigenvalue weighted by molar-refractivity contribution is 7.98. The van der Waals surface area contributed by atoms with Crippen LogP contribution >= 0.6 is 23.5 Å². The van der Waals surface area contributed by atoms with Crippen LogP contribution in [0.5, 0.6) is 5.75 Å². The Morgan fingerprint density at radius 1 is 1.00 bits per heavy atom. The second-order valence-electron chi connectivity index (χ2n) is 12.5. The quantitative estimate of drug-likeness (QED) is 0.172. The van der Waals surface area contributed by atoms with Gasteiger partial charge in [-0.2, -0.15) is 47.0 Å². The number of nitriles is 1. The van der Waals surface area contributed by atoms with Gasteiger partial charge in [0.25, 0.3) is 17.7 Å². The minimum atomic E-state index is -3.96. The molecule has 0 radical (unpaired) electrons. The smallest absolute Gasteiger partial charge is 0.298 e. The molecule has 5 aromatic rings. The summed E-state index contributed by atoms with van der Waals surface area (Å²) in [6.45, 7) is -0.201. The first kappa shape index (κ1) is 41.9. The van der Waals surface area contributed by atoms with Crippen LogP contribution in [0.3, 0.4) is 0 Å². The van der Waals surface area contributed by atoms with Crippen molar-refractivity contribution in [2.45, 2.75) is 23.8 Å². The molecule has 294 valence electrons. The van der Waals surface area contributed by atoms with Crippen LogP contribution in [0.1, 0.15) is 49.3 Å². The van der Waals surface area contributed by atoms with E-state index < -0.39 is 45.6 Å². The van der Waals surface area contributed by atoms with Crippen molar-refractivity contribution in [2.75, 3.05) is 55.4 Å². The number of nitrogens with zero attached hydrogens (tertiary/aromatic N) is 6. The van der Waals surface area contributed by atoms with Crippen molar-refractivity contribution in [3.8, 4) is 11.8 Å². The molecule has 0 aliphatic carbocycles. The number of halogens is 2. The lowest BCUT2D eigenvalue weighted by Gasteiger charge is -2.37. The van der Waals surface area contributed by atoms with Gasteiger partial charge in [0.05, 0.1) is 42.3 Å². The molecule has 2 aromatic heterocycles. The normalized spacial score (nSPS) is 16.3. The van der Waals surface area contributed by atoms with Crippen molar-refractivity contribution < 1.29 is 36.0 Å². The van der Waals surface area contributed by atoms with Gasteiger partial charge in [0, 0.05) is 41.5 Å². The van der Waals surface area contributed by atoms with E-state index in [1.807, 2.05) is 31.1 Å². The molecule has 2 aliphatic heterocycles. The molecule has 0 saturated carbocycles. The Labute approximate surface area is 332 Å². The van der Waals surface area contributed by atoms with E-state index in [2.05, 4.69) is 15.6 Å². The number of thioether (sulfide) groups is 2. The average Bonchev–Trinajstić information content (AvgIpc) is 3.97. The van der Waals surface area contributed by atoms with Gasteiger partial charge in [-0.1, -0.05) is 47.6 Å². The number of alkyl halides is 2. The molecule has 0 bridgehead atoms. The van der Waals surface area contributed by atoms with Crippen molar-refractivity contribution in [3.63, 3.8) is 0 Å². The summed E-state index contributed by atoms with van der Waals surface area (Å²) in [5.74, 6) is -4.76. The maximum Gasteiger partial charge on any atom is 0.298 e. The van der Waals surface area contributed by atoms with E-state index in [1.165, 1.54) is 106 Å². The monoisotopic (exact) mass is 823 g/mol. The summed E-state index contributed by atoms with van der Waals surface area (Å²) in [5.41, 5.74) is 0.178. The molecule has 2 atom stereocenters. The van der Waals surface area contributed by atoms with E-state index in [0.29, 0.717) is 0 Å². The third kappa shape index (κ3) is 8.76. The van der Waals surface area contributed by atoms with Crippen molar-refractivity contribution in [1.29, 1.82) is 5.26 Å². The van der Waals surface area contributed by atoms with Gasteiger partial charge in [0.15, 0.2) is 5.69 Å². The molecular weight excluding hydrogens is 785 g/mol. The fourth-order valence-corrected chi connectivity index (χ4v) is 7.78. The first-order valence-corrected chi connectivity index (χ1v) is 21.7. The standard InChI is InChI=1S/C34H27F2N7O6S.2C2H6S/c1-48-30-12-7-21(15-22(30)16-37)32(44)39-27-17-38-43-29-19-41(50(46,47)20-25-13-14-49-40-25)18-28(29)42(33(45)31(27)43)26-10-8-24(9-11-26)34(35,36)23-5-3-2-4-6-23;2*1-3-2/h2-15,17,28-29H,18-20H2,1H3,(H,39,44);2*1-2H3/t28-,29-;;/m0../s1. The Hall–Kier alpha value is -5.22. The Kier molecular flexibility index (Phi) is 13.6. The SMILES string of the molecule is COc1ccc(C(=O)Nc2cnn3c2C(=O)N(c2ccc(C(F)(F)c4ccccc4)cc2)[C@H]2CN(S(=O)(=O)Cc4ccon4)C[C@@H]23)cc1C#N.CSC.CSC. The molecule has 13 nitrogen and oxygen atoms in total. The molecule has 56 heavy (non-hydrogen) atoms. The largest absolute Gasteiger partial charge is 0.495 e. The zero-order chi connectivity index (χ0) is 40.6.